The first kappa shape index (κ1) is 19.0. The average molecular weight is 396 g/mol. The van der Waals surface area contributed by atoms with Crippen LogP contribution in [-0.2, 0) is 14.8 Å². The van der Waals surface area contributed by atoms with Gasteiger partial charge in [-0.2, -0.15) is 4.31 Å². The molecule has 7 nitrogen and oxygen atoms in total. The van der Waals surface area contributed by atoms with E-state index in [1.807, 2.05) is 30.3 Å². The van der Waals surface area contributed by atoms with Gasteiger partial charge in [0.15, 0.2) is 5.03 Å². The van der Waals surface area contributed by atoms with Crippen LogP contribution in [0.4, 0.5) is 0 Å². The highest BCUT2D eigenvalue weighted by atomic mass is 32.2. The number of sulfonamides is 1. The fourth-order valence-corrected chi connectivity index (χ4v) is 5.63. The second-order valence-corrected chi connectivity index (χ2v) is 9.04. The number of nitrogens with zero attached hydrogens (tertiary/aromatic N) is 3. The molecule has 0 bridgehead atoms. The number of likely N-dealkylation sites (N-methyl/N-ethyl adjacent to an activating group) is 1. The number of benzene rings is 1. The van der Waals surface area contributed by atoms with Crippen LogP contribution in [0.1, 0.15) is 12.8 Å². The lowest BCUT2D eigenvalue weighted by molar-refractivity contribution is -0.138. The molecule has 0 aliphatic carbocycles. The van der Waals surface area contributed by atoms with E-state index in [-0.39, 0.29) is 17.6 Å². The Kier molecular flexibility index (Phi) is 5.71. The smallest absolute Gasteiger partial charge is 0.317 e. The zero-order chi connectivity index (χ0) is 18.7. The number of hydrogen-bond donors (Lipinski definition) is 1. The van der Waals surface area contributed by atoms with Crippen molar-refractivity contribution in [3.05, 3.63) is 35.7 Å². The Bertz CT molecular complexity index is 859. The predicted molar refractivity (Wildman–Crippen MR) is 99.6 cm³/mol. The number of aliphatic carboxylic acids is 1. The molecule has 0 spiro atoms. The Morgan fingerprint density at radius 1 is 1.31 bits per heavy atom. The van der Waals surface area contributed by atoms with Gasteiger partial charge in [0.1, 0.15) is 5.01 Å². The highest BCUT2D eigenvalue weighted by Crippen LogP contribution is 2.28. The summed E-state index contributed by atoms with van der Waals surface area (Å²) >= 11 is 1.32. The van der Waals surface area contributed by atoms with Crippen LogP contribution < -0.4 is 0 Å². The quantitative estimate of drug-likeness (QED) is 0.804. The van der Waals surface area contributed by atoms with Crippen molar-refractivity contribution in [3.8, 4) is 10.6 Å². The lowest BCUT2D eigenvalue weighted by Gasteiger charge is -2.35. The number of carboxylic acid groups (broad SMARTS) is 1. The van der Waals surface area contributed by atoms with E-state index in [2.05, 4.69) is 4.98 Å². The summed E-state index contributed by atoms with van der Waals surface area (Å²) < 4.78 is 27.1. The number of thiazole rings is 1. The molecule has 1 aromatic carbocycles. The number of hydrogen-bond acceptors (Lipinski definition) is 6. The van der Waals surface area contributed by atoms with Crippen LogP contribution in [-0.4, -0.2) is 66.4 Å². The van der Waals surface area contributed by atoms with Crippen LogP contribution in [0.3, 0.4) is 0 Å². The van der Waals surface area contributed by atoms with Crippen molar-refractivity contribution < 1.29 is 18.3 Å². The third-order valence-electron chi connectivity index (χ3n) is 4.54. The van der Waals surface area contributed by atoms with Gasteiger partial charge in [0, 0.05) is 30.1 Å². The molecule has 3 rings (SSSR count). The maximum atomic E-state index is 12.8. The third kappa shape index (κ3) is 4.12. The lowest BCUT2D eigenvalue weighted by atomic mass is 10.1. The largest absolute Gasteiger partial charge is 0.480 e. The van der Waals surface area contributed by atoms with Gasteiger partial charge in [-0.1, -0.05) is 30.3 Å². The van der Waals surface area contributed by atoms with E-state index in [9.17, 15) is 13.2 Å². The number of piperidine rings is 1. The summed E-state index contributed by atoms with van der Waals surface area (Å²) in [7, 11) is -1.86. The van der Waals surface area contributed by atoms with Crippen LogP contribution in [0.25, 0.3) is 10.6 Å². The maximum absolute atomic E-state index is 12.8. The molecule has 0 saturated carbocycles. The topological polar surface area (TPSA) is 90.8 Å². The molecular weight excluding hydrogens is 374 g/mol. The van der Waals surface area contributed by atoms with Gasteiger partial charge < -0.3 is 5.11 Å². The summed E-state index contributed by atoms with van der Waals surface area (Å²) in [6.45, 7) is 0.703. The molecule has 1 aliphatic rings. The first-order valence-corrected chi connectivity index (χ1v) is 10.6. The van der Waals surface area contributed by atoms with E-state index in [0.29, 0.717) is 30.9 Å². The zero-order valence-corrected chi connectivity index (χ0v) is 16.0. The number of rotatable bonds is 6. The van der Waals surface area contributed by atoms with Crippen molar-refractivity contribution in [2.75, 3.05) is 26.7 Å². The minimum absolute atomic E-state index is 0.0378. The van der Waals surface area contributed by atoms with Gasteiger partial charge in [-0.25, -0.2) is 13.4 Å². The first-order valence-electron chi connectivity index (χ1n) is 8.31. The highest BCUT2D eigenvalue weighted by Gasteiger charge is 2.32. The van der Waals surface area contributed by atoms with Crippen molar-refractivity contribution >= 4 is 27.3 Å². The van der Waals surface area contributed by atoms with E-state index in [1.54, 1.807) is 17.3 Å². The fourth-order valence-electron chi connectivity index (χ4n) is 3.09. The maximum Gasteiger partial charge on any atom is 0.317 e. The average Bonchev–Trinajstić information content (AvgIpc) is 3.13. The molecule has 140 valence electrons. The Hall–Kier alpha value is -1.81. The standard InChI is InChI=1S/C17H21N3O4S2/c1-19(11-16(21)22)14-7-9-20(10-8-14)26(23,24)15-12-25-17(18-15)13-5-3-2-4-6-13/h2-6,12,14H,7-11H2,1H3,(H,21,22). The first-order chi connectivity index (χ1) is 12.4. The fraction of sp³-hybridized carbons (Fsp3) is 0.412. The van der Waals surface area contributed by atoms with Gasteiger partial charge in [-0.15, -0.1) is 11.3 Å². The lowest BCUT2D eigenvalue weighted by Crippen LogP contribution is -2.46. The van der Waals surface area contributed by atoms with Gasteiger partial charge in [0.05, 0.1) is 6.54 Å². The molecule has 0 radical (unpaired) electrons. The summed E-state index contributed by atoms with van der Waals surface area (Å²) in [4.78, 5) is 16.9. The molecule has 2 heterocycles. The monoisotopic (exact) mass is 395 g/mol. The van der Waals surface area contributed by atoms with Crippen LogP contribution in [0.2, 0.25) is 0 Å². The molecule has 1 aromatic heterocycles. The molecule has 1 aliphatic heterocycles. The summed E-state index contributed by atoms with van der Waals surface area (Å²) in [6, 6.07) is 9.57. The van der Waals surface area contributed by atoms with Gasteiger partial charge in [-0.3, -0.25) is 9.69 Å². The van der Waals surface area contributed by atoms with Crippen LogP contribution in [0, 0.1) is 0 Å². The van der Waals surface area contributed by atoms with Gasteiger partial charge in [0.2, 0.25) is 0 Å². The Morgan fingerprint density at radius 3 is 2.58 bits per heavy atom. The van der Waals surface area contributed by atoms with Crippen molar-refractivity contribution in [1.82, 2.24) is 14.2 Å². The molecule has 1 saturated heterocycles. The summed E-state index contributed by atoms with van der Waals surface area (Å²) in [5.74, 6) is -0.876. The highest BCUT2D eigenvalue weighted by molar-refractivity contribution is 7.89. The molecule has 26 heavy (non-hydrogen) atoms. The number of carbonyl (C=O) groups is 1. The van der Waals surface area contributed by atoms with Crippen molar-refractivity contribution in [2.24, 2.45) is 0 Å². The molecule has 1 fully saturated rings. The summed E-state index contributed by atoms with van der Waals surface area (Å²) in [5.41, 5.74) is 0.896. The minimum atomic E-state index is -3.62. The van der Waals surface area contributed by atoms with Crippen LogP contribution in [0.15, 0.2) is 40.7 Å². The third-order valence-corrected chi connectivity index (χ3v) is 7.36. The van der Waals surface area contributed by atoms with E-state index < -0.39 is 16.0 Å². The Balaban J connectivity index is 1.68. The second kappa shape index (κ2) is 7.83. The van der Waals surface area contributed by atoms with Crippen molar-refractivity contribution in [1.29, 1.82) is 0 Å². The van der Waals surface area contributed by atoms with Crippen LogP contribution >= 0.6 is 11.3 Å². The molecule has 2 aromatic rings. The summed E-state index contributed by atoms with van der Waals surface area (Å²) in [6.07, 6.45) is 1.22. The predicted octanol–water partition coefficient (Wildman–Crippen LogP) is 1.98. The van der Waals surface area contributed by atoms with Crippen molar-refractivity contribution in [2.45, 2.75) is 23.9 Å². The molecule has 9 heteroatoms. The second-order valence-electron chi connectivity index (χ2n) is 6.30. The SMILES string of the molecule is CN(CC(=O)O)C1CCN(S(=O)(=O)c2csc(-c3ccccc3)n2)CC1. The van der Waals surface area contributed by atoms with Gasteiger partial charge in [0.25, 0.3) is 10.0 Å². The molecule has 0 atom stereocenters. The normalized spacial score (nSPS) is 16.8. The minimum Gasteiger partial charge on any atom is -0.480 e. The Labute approximate surface area is 156 Å². The van der Waals surface area contributed by atoms with Gasteiger partial charge >= 0.3 is 5.97 Å². The molecule has 1 N–H and O–H groups in total. The molecule has 0 unspecified atom stereocenters. The number of aromatic nitrogens is 1. The van der Waals surface area contributed by atoms with E-state index in [4.69, 9.17) is 5.11 Å². The molecule has 0 amide bonds. The van der Waals surface area contributed by atoms with E-state index in [0.717, 1.165) is 5.56 Å². The van der Waals surface area contributed by atoms with Crippen molar-refractivity contribution in [3.63, 3.8) is 0 Å². The van der Waals surface area contributed by atoms with Gasteiger partial charge in [-0.05, 0) is 19.9 Å². The Morgan fingerprint density at radius 2 is 1.96 bits per heavy atom. The molecular formula is C17H21N3O4S2. The van der Waals surface area contributed by atoms with Crippen LogP contribution in [0.5, 0.6) is 0 Å². The summed E-state index contributed by atoms with van der Waals surface area (Å²) in [5, 5.41) is 11.2. The van der Waals surface area contributed by atoms with E-state index >= 15 is 0 Å². The zero-order valence-electron chi connectivity index (χ0n) is 14.4. The number of carboxylic acids is 1. The van der Waals surface area contributed by atoms with E-state index in [1.165, 1.54) is 15.6 Å².